The third-order valence-corrected chi connectivity index (χ3v) is 3.04. The topological polar surface area (TPSA) is 0 Å². The molecule has 0 heterocycles. The molecule has 1 atom stereocenters. The minimum Gasteiger partial charge on any atom is -0.0991 e. The van der Waals surface area contributed by atoms with Gasteiger partial charge in [0.25, 0.3) is 0 Å². The summed E-state index contributed by atoms with van der Waals surface area (Å²) in [4.78, 5) is 0. The third kappa shape index (κ3) is 3.96. The molecule has 0 aliphatic heterocycles. The summed E-state index contributed by atoms with van der Waals surface area (Å²) in [5.41, 5.74) is 3.69. The predicted octanol–water partition coefficient (Wildman–Crippen LogP) is 5.59. The molecule has 1 rings (SSSR count). The van der Waals surface area contributed by atoms with E-state index in [1.54, 1.807) is 0 Å². The van der Waals surface area contributed by atoms with Gasteiger partial charge in [-0.3, -0.25) is 0 Å². The maximum Gasteiger partial charge on any atom is 0.0336 e. The van der Waals surface area contributed by atoms with Crippen molar-refractivity contribution in [2.75, 3.05) is 0 Å². The zero-order valence-electron chi connectivity index (χ0n) is 11.8. The number of hydrogen-bond acceptors (Lipinski definition) is 0. The molecule has 0 saturated carbocycles. The van der Waals surface area contributed by atoms with Crippen LogP contribution in [0.2, 0.25) is 0 Å². The van der Waals surface area contributed by atoms with Crippen LogP contribution in [-0.4, -0.2) is 0 Å². The third-order valence-electron chi connectivity index (χ3n) is 3.04. The summed E-state index contributed by atoms with van der Waals surface area (Å²) in [5.74, 6) is 0.206. The average Bonchev–Trinajstić information content (AvgIpc) is 2.45. The van der Waals surface area contributed by atoms with Gasteiger partial charge in [0.2, 0.25) is 0 Å². The first-order valence-electron chi connectivity index (χ1n) is 6.57. The maximum absolute atomic E-state index is 3.94. The zero-order valence-corrected chi connectivity index (χ0v) is 11.8. The highest BCUT2D eigenvalue weighted by Crippen LogP contribution is 2.33. The minimum absolute atomic E-state index is 0.206. The highest BCUT2D eigenvalue weighted by Gasteiger charge is 2.16. The van der Waals surface area contributed by atoms with Gasteiger partial charge in [0.05, 0.1) is 0 Å². The number of allylic oxidation sites excluding steroid dienone is 8. The first-order valence-corrected chi connectivity index (χ1v) is 6.57. The first kappa shape index (κ1) is 15.0. The van der Waals surface area contributed by atoms with Crippen molar-refractivity contribution in [2.45, 2.75) is 19.8 Å². The van der Waals surface area contributed by atoms with Crippen molar-refractivity contribution in [1.29, 1.82) is 0 Å². The summed E-state index contributed by atoms with van der Waals surface area (Å²) >= 11 is 0. The van der Waals surface area contributed by atoms with E-state index >= 15 is 0 Å². The van der Waals surface area contributed by atoms with E-state index in [4.69, 9.17) is 0 Å². The Labute approximate surface area is 117 Å². The van der Waals surface area contributed by atoms with Gasteiger partial charge in [-0.05, 0) is 30.6 Å². The molecule has 0 spiro atoms. The van der Waals surface area contributed by atoms with Crippen molar-refractivity contribution in [2.24, 2.45) is 0 Å². The van der Waals surface area contributed by atoms with Crippen molar-refractivity contribution in [3.8, 4) is 0 Å². The molecule has 0 aliphatic carbocycles. The Hall–Kier alpha value is -2.08. The predicted molar refractivity (Wildman–Crippen MR) is 86.2 cm³/mol. The van der Waals surface area contributed by atoms with E-state index in [0.717, 1.165) is 0 Å². The van der Waals surface area contributed by atoms with E-state index in [9.17, 15) is 0 Å². The van der Waals surface area contributed by atoms with E-state index in [-0.39, 0.29) is 5.92 Å². The molecule has 0 radical (unpaired) electrons. The van der Waals surface area contributed by atoms with Crippen LogP contribution in [0.15, 0.2) is 91.1 Å². The van der Waals surface area contributed by atoms with E-state index in [1.807, 2.05) is 32.1 Å². The SMILES string of the molecule is C=C/C=C(\C=C/C)C(/C(C=C)=C/C)c1ccccc1. The van der Waals surface area contributed by atoms with E-state index in [1.165, 1.54) is 16.7 Å². The standard InChI is InChI=1S/C19H22/c1-5-12-17(13-6-2)19(16(7-3)8-4)18-14-10-9-11-15-18/h5-15,19H,1,3H2,2,4H3/b13-6-,16-8+,17-12+. The lowest BCUT2D eigenvalue weighted by atomic mass is 9.84. The van der Waals surface area contributed by atoms with Gasteiger partial charge in [-0.1, -0.05) is 79.9 Å². The Balaban J connectivity index is 3.38. The van der Waals surface area contributed by atoms with Crippen LogP contribution in [0.25, 0.3) is 0 Å². The van der Waals surface area contributed by atoms with Gasteiger partial charge in [0.1, 0.15) is 0 Å². The van der Waals surface area contributed by atoms with Crippen LogP contribution in [0, 0.1) is 0 Å². The Morgan fingerprint density at radius 3 is 2.21 bits per heavy atom. The fourth-order valence-electron chi connectivity index (χ4n) is 2.20. The lowest BCUT2D eigenvalue weighted by molar-refractivity contribution is 0.973. The summed E-state index contributed by atoms with van der Waals surface area (Å²) in [6.07, 6.45) is 12.1. The van der Waals surface area contributed by atoms with Crippen LogP contribution in [0.1, 0.15) is 25.3 Å². The van der Waals surface area contributed by atoms with E-state index < -0.39 is 0 Å². The first-order chi connectivity index (χ1) is 9.28. The molecule has 0 N–H and O–H groups in total. The molecule has 98 valence electrons. The van der Waals surface area contributed by atoms with Crippen molar-refractivity contribution < 1.29 is 0 Å². The molecule has 0 bridgehead atoms. The monoisotopic (exact) mass is 250 g/mol. The molecule has 1 aromatic rings. The zero-order chi connectivity index (χ0) is 14.1. The molecule has 0 amide bonds. The quantitative estimate of drug-likeness (QED) is 0.577. The molecule has 0 saturated heterocycles. The van der Waals surface area contributed by atoms with Crippen molar-refractivity contribution >= 4 is 0 Å². The van der Waals surface area contributed by atoms with Gasteiger partial charge < -0.3 is 0 Å². The summed E-state index contributed by atoms with van der Waals surface area (Å²) < 4.78 is 0. The van der Waals surface area contributed by atoms with Crippen molar-refractivity contribution in [3.05, 3.63) is 96.7 Å². The highest BCUT2D eigenvalue weighted by atomic mass is 14.2. The van der Waals surface area contributed by atoms with Gasteiger partial charge in [0, 0.05) is 5.92 Å². The van der Waals surface area contributed by atoms with Gasteiger partial charge in [-0.2, -0.15) is 0 Å². The lowest BCUT2D eigenvalue weighted by Gasteiger charge is -2.20. The Kier molecular flexibility index (Phi) is 6.38. The van der Waals surface area contributed by atoms with Crippen LogP contribution in [0.3, 0.4) is 0 Å². The summed E-state index contributed by atoms with van der Waals surface area (Å²) in [7, 11) is 0. The molecule has 0 nitrogen and oxygen atoms in total. The van der Waals surface area contributed by atoms with Gasteiger partial charge >= 0.3 is 0 Å². The van der Waals surface area contributed by atoms with Crippen LogP contribution >= 0.6 is 0 Å². The van der Waals surface area contributed by atoms with E-state index in [0.29, 0.717) is 0 Å². The highest BCUT2D eigenvalue weighted by molar-refractivity contribution is 5.47. The van der Waals surface area contributed by atoms with Crippen LogP contribution < -0.4 is 0 Å². The number of benzene rings is 1. The number of hydrogen-bond donors (Lipinski definition) is 0. The molecule has 0 heteroatoms. The summed E-state index contributed by atoms with van der Waals surface area (Å²) in [6.45, 7) is 11.8. The fourth-order valence-corrected chi connectivity index (χ4v) is 2.20. The average molecular weight is 250 g/mol. The Morgan fingerprint density at radius 1 is 1.05 bits per heavy atom. The van der Waals surface area contributed by atoms with Crippen LogP contribution in [0.5, 0.6) is 0 Å². The number of rotatable bonds is 6. The van der Waals surface area contributed by atoms with Crippen LogP contribution in [0.4, 0.5) is 0 Å². The largest absolute Gasteiger partial charge is 0.0991 e. The normalized spacial score (nSPS) is 14.4. The minimum atomic E-state index is 0.206. The summed E-state index contributed by atoms with van der Waals surface area (Å²) in [5, 5.41) is 0. The second-order valence-electron chi connectivity index (χ2n) is 4.24. The fraction of sp³-hybridized carbons (Fsp3) is 0.158. The van der Waals surface area contributed by atoms with Gasteiger partial charge in [0.15, 0.2) is 0 Å². The molecular weight excluding hydrogens is 228 g/mol. The van der Waals surface area contributed by atoms with Crippen LogP contribution in [-0.2, 0) is 0 Å². The summed E-state index contributed by atoms with van der Waals surface area (Å²) in [6, 6.07) is 10.5. The van der Waals surface area contributed by atoms with Gasteiger partial charge in [-0.15, -0.1) is 0 Å². The van der Waals surface area contributed by atoms with E-state index in [2.05, 4.69) is 61.7 Å². The Morgan fingerprint density at radius 2 is 1.74 bits per heavy atom. The van der Waals surface area contributed by atoms with Crippen molar-refractivity contribution in [3.63, 3.8) is 0 Å². The molecule has 0 aliphatic rings. The molecule has 1 unspecified atom stereocenters. The smallest absolute Gasteiger partial charge is 0.0336 e. The molecule has 1 aromatic carbocycles. The Bertz CT molecular complexity index is 498. The molecule has 19 heavy (non-hydrogen) atoms. The maximum atomic E-state index is 3.94. The molecular formula is C19H22. The molecule has 0 aromatic heterocycles. The second-order valence-corrected chi connectivity index (χ2v) is 4.24. The molecule has 0 fully saturated rings. The van der Waals surface area contributed by atoms with Gasteiger partial charge in [-0.25, -0.2) is 0 Å². The van der Waals surface area contributed by atoms with Crippen molar-refractivity contribution in [1.82, 2.24) is 0 Å². The second kappa shape index (κ2) is 8.10. The lowest BCUT2D eigenvalue weighted by Crippen LogP contribution is -2.03.